The second-order valence-electron chi connectivity index (χ2n) is 19.0. The molecule has 5 rings (SSSR count). The number of carbonyl (C=O) groups excluding carboxylic acids is 1. The van der Waals surface area contributed by atoms with E-state index in [0.29, 0.717) is 34.0 Å². The maximum atomic E-state index is 13.1. The molecule has 5 aliphatic rings. The maximum absolute atomic E-state index is 13.1. The van der Waals surface area contributed by atoms with Gasteiger partial charge in [0.15, 0.2) is 0 Å². The van der Waals surface area contributed by atoms with Gasteiger partial charge in [-0.05, 0) is 162 Å². The minimum Gasteiger partial charge on any atom is -0.481 e. The van der Waals surface area contributed by atoms with Crippen molar-refractivity contribution >= 4 is 11.9 Å². The van der Waals surface area contributed by atoms with Crippen LogP contribution < -0.4 is 0 Å². The molecular formula is C41H69NO4. The van der Waals surface area contributed by atoms with Gasteiger partial charge in [-0.15, -0.1) is 0 Å². The third-order valence-electron chi connectivity index (χ3n) is 16.4. The first-order valence-electron chi connectivity index (χ1n) is 19.1. The average Bonchev–Trinajstić information content (AvgIpc) is 3.35. The van der Waals surface area contributed by atoms with Crippen molar-refractivity contribution in [3.05, 3.63) is 12.2 Å². The third kappa shape index (κ3) is 5.43. The first kappa shape index (κ1) is 35.9. The smallest absolute Gasteiger partial charge is 0.309 e. The number of carboxylic acid groups (broad SMARTS) is 1. The summed E-state index contributed by atoms with van der Waals surface area (Å²) in [6.07, 6.45) is 13.7. The molecule has 0 saturated heterocycles. The number of aliphatic carboxylic acids is 1. The number of esters is 1. The monoisotopic (exact) mass is 640 g/mol. The highest BCUT2D eigenvalue weighted by Gasteiger charge is 2.71. The Morgan fingerprint density at radius 2 is 1.54 bits per heavy atom. The van der Waals surface area contributed by atoms with Crippen LogP contribution in [-0.4, -0.2) is 47.7 Å². The Bertz CT molecular complexity index is 1190. The van der Waals surface area contributed by atoms with E-state index < -0.39 is 11.4 Å². The molecule has 0 aliphatic heterocycles. The van der Waals surface area contributed by atoms with Gasteiger partial charge in [0.25, 0.3) is 0 Å². The molecule has 0 bridgehead atoms. The van der Waals surface area contributed by atoms with Crippen molar-refractivity contribution in [2.45, 2.75) is 152 Å². The molecule has 0 heterocycles. The lowest BCUT2D eigenvalue weighted by molar-refractivity contribution is -0.250. The van der Waals surface area contributed by atoms with E-state index in [4.69, 9.17) is 4.74 Å². The standard InChI is InChI=1S/C41H69NO4/c1-12-42(13-2)25-24-41-21-16-28(27(3)4)34(41)29-14-15-31-38(9)19-18-32(46-33(43)26-36(5,6)35(44)45)37(7,8)30(38)17-20-40(31,11)39(29,10)22-23-41/h28-32,34H,3,12-26H2,1-2,4-11H3,(H,44,45)/t28-,29+,30-,31+,32-,34+,38-,39+,40+,41+/m0/s1. The van der Waals surface area contributed by atoms with Crippen molar-refractivity contribution < 1.29 is 19.4 Å². The van der Waals surface area contributed by atoms with E-state index in [1.807, 2.05) is 0 Å². The van der Waals surface area contributed by atoms with Gasteiger partial charge in [-0.1, -0.05) is 60.6 Å². The molecule has 0 aromatic carbocycles. The van der Waals surface area contributed by atoms with Gasteiger partial charge >= 0.3 is 11.9 Å². The van der Waals surface area contributed by atoms with Gasteiger partial charge in [0, 0.05) is 5.41 Å². The van der Waals surface area contributed by atoms with Gasteiger partial charge in [-0.2, -0.15) is 0 Å². The Kier molecular flexibility index (Phi) is 9.53. The zero-order chi connectivity index (χ0) is 34.1. The highest BCUT2D eigenvalue weighted by atomic mass is 16.5. The summed E-state index contributed by atoms with van der Waals surface area (Å²) < 4.78 is 6.19. The van der Waals surface area contributed by atoms with E-state index in [1.54, 1.807) is 13.8 Å². The Morgan fingerprint density at radius 1 is 0.870 bits per heavy atom. The van der Waals surface area contributed by atoms with Crippen molar-refractivity contribution in [1.82, 2.24) is 4.90 Å². The number of carboxylic acids is 1. The molecule has 5 fully saturated rings. The Morgan fingerprint density at radius 3 is 2.15 bits per heavy atom. The number of rotatable bonds is 10. The summed E-state index contributed by atoms with van der Waals surface area (Å²) in [4.78, 5) is 27.4. The SMILES string of the molecule is C=C(C)[C@@H]1CC[C@]2(CCN(CC)CC)CC[C@]3(C)[C@H](CC[C@@H]4[C@@]5(C)CC[C@H](OC(=O)CC(C)(C)C(=O)O)C(C)(C)[C@@H]5CC[C@]43C)[C@@H]12. The fourth-order valence-electron chi connectivity index (χ4n) is 13.5. The number of carbonyl (C=O) groups is 2. The van der Waals surface area contributed by atoms with Crippen LogP contribution in [0.15, 0.2) is 12.2 Å². The molecule has 5 heteroatoms. The van der Waals surface area contributed by atoms with E-state index in [1.165, 1.54) is 69.9 Å². The van der Waals surface area contributed by atoms with Crippen LogP contribution in [0.25, 0.3) is 0 Å². The van der Waals surface area contributed by atoms with Crippen molar-refractivity contribution in [3.63, 3.8) is 0 Å². The first-order valence-corrected chi connectivity index (χ1v) is 19.1. The molecule has 5 aliphatic carbocycles. The molecule has 5 nitrogen and oxygen atoms in total. The highest BCUT2D eigenvalue weighted by Crippen LogP contribution is 2.78. The van der Waals surface area contributed by atoms with Gasteiger partial charge in [0.05, 0.1) is 11.8 Å². The molecule has 0 radical (unpaired) electrons. The van der Waals surface area contributed by atoms with E-state index in [-0.39, 0.29) is 29.3 Å². The van der Waals surface area contributed by atoms with Crippen molar-refractivity contribution in [2.24, 2.45) is 62.1 Å². The lowest BCUT2D eigenvalue weighted by Gasteiger charge is -2.73. The summed E-state index contributed by atoms with van der Waals surface area (Å²) in [6, 6.07) is 0. The lowest BCUT2D eigenvalue weighted by atomic mass is 9.32. The van der Waals surface area contributed by atoms with E-state index in [0.717, 1.165) is 37.8 Å². The number of hydrogen-bond donors (Lipinski definition) is 1. The number of nitrogens with zero attached hydrogens (tertiary/aromatic N) is 1. The molecule has 0 unspecified atom stereocenters. The van der Waals surface area contributed by atoms with E-state index >= 15 is 0 Å². The zero-order valence-corrected chi connectivity index (χ0v) is 31.4. The Labute approximate surface area is 282 Å². The molecular weight excluding hydrogens is 570 g/mol. The van der Waals surface area contributed by atoms with Gasteiger partial charge in [0.2, 0.25) is 0 Å². The summed E-state index contributed by atoms with van der Waals surface area (Å²) in [6.45, 7) is 31.1. The quantitative estimate of drug-likeness (QED) is 0.190. The van der Waals surface area contributed by atoms with E-state index in [9.17, 15) is 14.7 Å². The van der Waals surface area contributed by atoms with Crippen LogP contribution in [0.4, 0.5) is 0 Å². The molecule has 0 aromatic heterocycles. The molecule has 0 amide bonds. The molecule has 1 N–H and O–H groups in total. The number of ether oxygens (including phenoxy) is 1. The fourth-order valence-corrected chi connectivity index (χ4v) is 13.5. The molecule has 0 aromatic rings. The van der Waals surface area contributed by atoms with Crippen LogP contribution in [-0.2, 0) is 14.3 Å². The second-order valence-corrected chi connectivity index (χ2v) is 19.0. The van der Waals surface area contributed by atoms with Gasteiger partial charge in [0.1, 0.15) is 6.10 Å². The third-order valence-corrected chi connectivity index (χ3v) is 16.4. The highest BCUT2D eigenvalue weighted by molar-refractivity contribution is 5.81. The summed E-state index contributed by atoms with van der Waals surface area (Å²) in [5, 5.41) is 9.59. The summed E-state index contributed by atoms with van der Waals surface area (Å²) in [7, 11) is 0. The fraction of sp³-hybridized carbons (Fsp3) is 0.902. The molecule has 262 valence electrons. The zero-order valence-electron chi connectivity index (χ0n) is 31.4. The number of hydrogen-bond acceptors (Lipinski definition) is 4. The number of fused-ring (bicyclic) bond motifs is 7. The lowest BCUT2D eigenvalue weighted by Crippen LogP contribution is -2.66. The normalized spacial score (nSPS) is 43.2. The second kappa shape index (κ2) is 12.2. The minimum atomic E-state index is -1.11. The Balaban J connectivity index is 1.40. The first-order chi connectivity index (χ1) is 21.3. The predicted molar refractivity (Wildman–Crippen MR) is 187 cm³/mol. The van der Waals surface area contributed by atoms with Crippen LogP contribution in [0, 0.1) is 62.1 Å². The molecule has 46 heavy (non-hydrogen) atoms. The summed E-state index contributed by atoms with van der Waals surface area (Å²) in [5.74, 6) is 2.06. The van der Waals surface area contributed by atoms with Gasteiger partial charge in [-0.25, -0.2) is 0 Å². The topological polar surface area (TPSA) is 66.8 Å². The molecule has 0 spiro atoms. The van der Waals surface area contributed by atoms with Gasteiger partial charge < -0.3 is 14.7 Å². The average molecular weight is 640 g/mol. The van der Waals surface area contributed by atoms with Crippen LogP contribution in [0.3, 0.4) is 0 Å². The van der Waals surface area contributed by atoms with Crippen molar-refractivity contribution in [3.8, 4) is 0 Å². The summed E-state index contributed by atoms with van der Waals surface area (Å²) in [5.41, 5.74) is 1.51. The van der Waals surface area contributed by atoms with Crippen LogP contribution >= 0.6 is 0 Å². The largest absolute Gasteiger partial charge is 0.481 e. The predicted octanol–water partition coefficient (Wildman–Crippen LogP) is 9.79. The Hall–Kier alpha value is -1.36. The maximum Gasteiger partial charge on any atom is 0.309 e. The number of allylic oxidation sites excluding steroid dienone is 1. The van der Waals surface area contributed by atoms with Crippen LogP contribution in [0.2, 0.25) is 0 Å². The summed E-state index contributed by atoms with van der Waals surface area (Å²) >= 11 is 0. The minimum absolute atomic E-state index is 0.0833. The van der Waals surface area contributed by atoms with Crippen LogP contribution in [0.1, 0.15) is 146 Å². The van der Waals surface area contributed by atoms with Gasteiger partial charge in [-0.3, -0.25) is 9.59 Å². The van der Waals surface area contributed by atoms with E-state index in [2.05, 4.69) is 66.9 Å². The van der Waals surface area contributed by atoms with Crippen molar-refractivity contribution in [1.29, 1.82) is 0 Å². The molecule has 5 saturated carbocycles. The molecule has 10 atom stereocenters. The van der Waals surface area contributed by atoms with Crippen LogP contribution in [0.5, 0.6) is 0 Å². The van der Waals surface area contributed by atoms with Crippen molar-refractivity contribution in [2.75, 3.05) is 19.6 Å².